The number of halogens is 1. The highest BCUT2D eigenvalue weighted by Gasteiger charge is 2.19. The Balaban J connectivity index is 2.82. The van der Waals surface area contributed by atoms with Gasteiger partial charge in [-0.2, -0.15) is 0 Å². The Morgan fingerprint density at radius 3 is 2.44 bits per heavy atom. The number of hydrogen-bond acceptors (Lipinski definition) is 5. The van der Waals surface area contributed by atoms with Crippen molar-refractivity contribution in [2.45, 2.75) is 26.4 Å². The molecule has 0 amide bonds. The van der Waals surface area contributed by atoms with Crippen molar-refractivity contribution < 1.29 is 14.3 Å². The van der Waals surface area contributed by atoms with E-state index in [1.807, 2.05) is 0 Å². The smallest absolute Gasteiger partial charge is 0.331 e. The summed E-state index contributed by atoms with van der Waals surface area (Å²) in [6.07, 6.45) is 1.33. The van der Waals surface area contributed by atoms with Crippen molar-refractivity contribution in [3.05, 3.63) is 50.3 Å². The second kappa shape index (κ2) is 7.57. The normalized spacial score (nSPS) is 10.8. The number of nitrogens with zero attached hydrogens (tertiary/aromatic N) is 2. The van der Waals surface area contributed by atoms with Crippen LogP contribution < -0.4 is 16.0 Å². The lowest BCUT2D eigenvalue weighted by Gasteiger charge is -2.16. The monoisotopic (exact) mass is 366 g/mol. The summed E-state index contributed by atoms with van der Waals surface area (Å²) in [4.78, 5) is 37.0. The molecule has 0 aliphatic carbocycles. The van der Waals surface area contributed by atoms with Gasteiger partial charge in [-0.25, -0.2) is 4.79 Å². The second-order valence-electron chi connectivity index (χ2n) is 5.64. The van der Waals surface area contributed by atoms with E-state index < -0.39 is 23.3 Å². The van der Waals surface area contributed by atoms with E-state index in [1.165, 1.54) is 20.4 Å². The van der Waals surface area contributed by atoms with Gasteiger partial charge in [0, 0.05) is 22.8 Å². The molecule has 25 heavy (non-hydrogen) atoms. The molecule has 0 unspecified atom stereocenters. The molecular formula is C17H19ClN2O5. The van der Waals surface area contributed by atoms with Crippen LogP contribution in [0.1, 0.15) is 19.9 Å². The van der Waals surface area contributed by atoms with E-state index in [0.29, 0.717) is 16.3 Å². The van der Waals surface area contributed by atoms with E-state index in [9.17, 15) is 14.4 Å². The molecule has 0 aliphatic rings. The van der Waals surface area contributed by atoms with Crippen molar-refractivity contribution in [1.29, 1.82) is 0 Å². The van der Waals surface area contributed by atoms with Crippen LogP contribution in [0.25, 0.3) is 11.1 Å². The number of hydrogen-bond donors (Lipinski definition) is 0. The first-order valence-corrected chi connectivity index (χ1v) is 7.94. The van der Waals surface area contributed by atoms with Gasteiger partial charge in [-0.3, -0.25) is 18.7 Å². The fourth-order valence-electron chi connectivity index (χ4n) is 2.47. The van der Waals surface area contributed by atoms with E-state index >= 15 is 0 Å². The molecule has 134 valence electrons. The molecule has 0 atom stereocenters. The number of methoxy groups -OCH3 is 2. The number of esters is 1. The van der Waals surface area contributed by atoms with Crippen molar-refractivity contribution in [3.8, 4) is 16.9 Å². The van der Waals surface area contributed by atoms with Crippen molar-refractivity contribution in [2.24, 2.45) is 0 Å². The van der Waals surface area contributed by atoms with Gasteiger partial charge >= 0.3 is 11.7 Å². The Labute approximate surface area is 149 Å². The lowest BCUT2D eigenvalue weighted by Crippen LogP contribution is -2.42. The third-order valence-electron chi connectivity index (χ3n) is 3.68. The molecule has 1 aromatic carbocycles. The SMILES string of the molecule is COC(=O)Cn1cc(-c2cc(Cl)ccc2OC)c(=O)n(C(C)C)c1=O. The number of benzene rings is 1. The molecule has 8 heteroatoms. The maximum absolute atomic E-state index is 12.9. The molecule has 2 aromatic rings. The van der Waals surface area contributed by atoms with Crippen LogP contribution in [-0.4, -0.2) is 29.3 Å². The number of ether oxygens (including phenoxy) is 2. The molecule has 0 radical (unpaired) electrons. The van der Waals surface area contributed by atoms with Crippen molar-refractivity contribution in [3.63, 3.8) is 0 Å². The van der Waals surface area contributed by atoms with E-state index in [1.54, 1.807) is 32.0 Å². The highest BCUT2D eigenvalue weighted by molar-refractivity contribution is 6.31. The molecule has 0 bridgehead atoms. The van der Waals surface area contributed by atoms with Gasteiger partial charge in [0.1, 0.15) is 12.3 Å². The van der Waals surface area contributed by atoms with Crippen LogP contribution in [0.2, 0.25) is 5.02 Å². The number of carbonyl (C=O) groups is 1. The number of aromatic nitrogens is 2. The van der Waals surface area contributed by atoms with Gasteiger partial charge in [0.25, 0.3) is 5.56 Å². The van der Waals surface area contributed by atoms with E-state index in [0.717, 1.165) is 9.13 Å². The zero-order valence-corrected chi connectivity index (χ0v) is 15.2. The standard InChI is InChI=1S/C17H19ClN2O5/c1-10(2)20-16(22)13(8-19(17(20)23)9-15(21)25-4)12-7-11(18)5-6-14(12)24-3/h5-8,10H,9H2,1-4H3. The van der Waals surface area contributed by atoms with E-state index in [2.05, 4.69) is 4.74 Å². The average molecular weight is 367 g/mol. The van der Waals surface area contributed by atoms with Crippen molar-refractivity contribution in [1.82, 2.24) is 9.13 Å². The Kier molecular flexibility index (Phi) is 5.69. The van der Waals surface area contributed by atoms with Crippen molar-refractivity contribution >= 4 is 17.6 Å². The van der Waals surface area contributed by atoms with Crippen LogP contribution in [0.3, 0.4) is 0 Å². The summed E-state index contributed by atoms with van der Waals surface area (Å²) in [5.74, 6) is -0.167. The van der Waals surface area contributed by atoms with Gasteiger partial charge in [-0.15, -0.1) is 0 Å². The summed E-state index contributed by atoms with van der Waals surface area (Å²) >= 11 is 6.05. The van der Waals surface area contributed by atoms with Gasteiger partial charge in [-0.05, 0) is 32.0 Å². The van der Waals surface area contributed by atoms with Gasteiger partial charge in [-0.1, -0.05) is 11.6 Å². The molecular weight excluding hydrogens is 348 g/mol. The average Bonchev–Trinajstić information content (AvgIpc) is 2.56. The molecule has 2 rings (SSSR count). The van der Waals surface area contributed by atoms with Crippen LogP contribution in [0, 0.1) is 0 Å². The summed E-state index contributed by atoms with van der Waals surface area (Å²) in [6, 6.07) is 4.45. The Morgan fingerprint density at radius 1 is 1.20 bits per heavy atom. The maximum Gasteiger partial charge on any atom is 0.331 e. The minimum absolute atomic E-state index is 0.205. The van der Waals surface area contributed by atoms with Crippen LogP contribution in [0.15, 0.2) is 34.0 Å². The van der Waals surface area contributed by atoms with Gasteiger partial charge in [0.2, 0.25) is 0 Å². The summed E-state index contributed by atoms with van der Waals surface area (Å²) in [7, 11) is 2.70. The zero-order chi connectivity index (χ0) is 18.7. The molecule has 0 aliphatic heterocycles. The van der Waals surface area contributed by atoms with Crippen LogP contribution in [0.5, 0.6) is 5.75 Å². The van der Waals surface area contributed by atoms with Crippen molar-refractivity contribution in [2.75, 3.05) is 14.2 Å². The highest BCUT2D eigenvalue weighted by atomic mass is 35.5. The summed E-state index contributed by atoms with van der Waals surface area (Å²) in [5, 5.41) is 0.414. The molecule has 7 nitrogen and oxygen atoms in total. The minimum atomic E-state index is -0.597. The third kappa shape index (κ3) is 3.76. The first-order valence-electron chi connectivity index (χ1n) is 7.56. The van der Waals surface area contributed by atoms with Crippen LogP contribution in [0.4, 0.5) is 0 Å². The molecule has 0 N–H and O–H groups in total. The van der Waals surface area contributed by atoms with Gasteiger partial charge < -0.3 is 9.47 Å². The quantitative estimate of drug-likeness (QED) is 0.757. The summed E-state index contributed by atoms with van der Waals surface area (Å²) < 4.78 is 12.1. The summed E-state index contributed by atoms with van der Waals surface area (Å²) in [6.45, 7) is 3.12. The zero-order valence-electron chi connectivity index (χ0n) is 14.4. The van der Waals surface area contributed by atoms with E-state index in [-0.39, 0.29) is 12.1 Å². The molecule has 0 fully saturated rings. The second-order valence-corrected chi connectivity index (χ2v) is 6.08. The molecule has 0 spiro atoms. The maximum atomic E-state index is 12.9. The minimum Gasteiger partial charge on any atom is -0.496 e. The molecule has 1 aromatic heterocycles. The van der Waals surface area contributed by atoms with Crippen LogP contribution in [-0.2, 0) is 16.1 Å². The topological polar surface area (TPSA) is 79.5 Å². The highest BCUT2D eigenvalue weighted by Crippen LogP contribution is 2.30. The summed E-state index contributed by atoms with van der Waals surface area (Å²) in [5.41, 5.74) is -0.429. The fraction of sp³-hybridized carbons (Fsp3) is 0.353. The predicted octanol–water partition coefficient (Wildman–Crippen LogP) is 2.09. The lowest BCUT2D eigenvalue weighted by atomic mass is 10.1. The van der Waals surface area contributed by atoms with E-state index in [4.69, 9.17) is 16.3 Å². The van der Waals surface area contributed by atoms with Crippen LogP contribution >= 0.6 is 11.6 Å². The Bertz CT molecular complexity index is 914. The first kappa shape index (κ1) is 18.8. The molecule has 0 saturated carbocycles. The fourth-order valence-corrected chi connectivity index (χ4v) is 2.64. The third-order valence-corrected chi connectivity index (χ3v) is 3.92. The largest absolute Gasteiger partial charge is 0.496 e. The van der Waals surface area contributed by atoms with Gasteiger partial charge in [0.15, 0.2) is 0 Å². The predicted molar refractivity (Wildman–Crippen MR) is 94.4 cm³/mol. The molecule has 0 saturated heterocycles. The Morgan fingerprint density at radius 2 is 1.88 bits per heavy atom. The number of carbonyl (C=O) groups excluding carboxylic acids is 1. The number of rotatable bonds is 5. The Hall–Kier alpha value is -2.54. The lowest BCUT2D eigenvalue weighted by molar-refractivity contribution is -0.141. The molecule has 1 heterocycles. The van der Waals surface area contributed by atoms with Gasteiger partial charge in [0.05, 0.1) is 19.8 Å². The first-order chi connectivity index (χ1) is 11.8.